The number of pyridine rings is 1. The lowest BCUT2D eigenvalue weighted by atomic mass is 10.2. The fourth-order valence-electron chi connectivity index (χ4n) is 2.38. The maximum atomic E-state index is 12.7. The van der Waals surface area contributed by atoms with E-state index in [-0.39, 0.29) is 0 Å². The minimum Gasteiger partial charge on any atom is -0.305 e. The average molecular weight is 381 g/mol. The monoisotopic (exact) mass is 381 g/mol. The number of anilines is 1. The largest absolute Gasteiger partial charge is 0.417 e. The number of aryl methyl sites for hydroxylation is 1. The smallest absolute Gasteiger partial charge is 0.305 e. The summed E-state index contributed by atoms with van der Waals surface area (Å²) in [7, 11) is 0. The third-order valence-electron chi connectivity index (χ3n) is 3.73. The van der Waals surface area contributed by atoms with Crippen LogP contribution in [0.15, 0.2) is 41.3 Å². The molecule has 136 valence electrons. The molecule has 0 fully saturated rings. The number of aromatic nitrogens is 2. The Morgan fingerprint density at radius 1 is 1.27 bits per heavy atom. The molecule has 0 aliphatic carbocycles. The summed E-state index contributed by atoms with van der Waals surface area (Å²) in [6.07, 6.45) is -3.09. The molecule has 0 aliphatic rings. The van der Waals surface area contributed by atoms with Crippen LogP contribution in [0.3, 0.4) is 0 Å². The van der Waals surface area contributed by atoms with E-state index < -0.39 is 29.8 Å². The lowest BCUT2D eigenvalue weighted by molar-refractivity contribution is -0.138. The minimum atomic E-state index is -4.59. The molecule has 0 saturated heterocycles. The summed E-state index contributed by atoms with van der Waals surface area (Å²) < 4.78 is 39.8. The summed E-state index contributed by atoms with van der Waals surface area (Å²) in [5.74, 6) is -0.624. The molecule has 3 aromatic rings. The maximum absolute atomic E-state index is 12.7. The van der Waals surface area contributed by atoms with Crippen LogP contribution < -0.4 is 10.9 Å². The van der Waals surface area contributed by atoms with Gasteiger partial charge >= 0.3 is 6.18 Å². The number of fused-ring (bicyclic) bond motifs is 1. The summed E-state index contributed by atoms with van der Waals surface area (Å²) in [6, 6.07) is 7.24. The van der Waals surface area contributed by atoms with Gasteiger partial charge in [0.05, 0.1) is 15.8 Å². The van der Waals surface area contributed by atoms with Crippen molar-refractivity contribution in [2.75, 3.05) is 5.32 Å². The standard InChI is InChI=1S/C17H14F3N3O2S/c1-2-10-3-5-12-13(7-10)26-16(21-12)22-14(24)9-23-8-11(17(18,19)20)4-6-15(23)25/h3-8H,2,9H2,1H3,(H,21,22,24). The number of nitrogens with zero attached hydrogens (tertiary/aromatic N) is 2. The third kappa shape index (κ3) is 3.93. The second-order valence-electron chi connectivity index (χ2n) is 5.60. The molecular formula is C17H14F3N3O2S. The molecule has 0 radical (unpaired) electrons. The third-order valence-corrected chi connectivity index (χ3v) is 4.67. The highest BCUT2D eigenvalue weighted by atomic mass is 32.1. The topological polar surface area (TPSA) is 64.0 Å². The van der Waals surface area contributed by atoms with Crippen LogP contribution in [0.2, 0.25) is 0 Å². The van der Waals surface area contributed by atoms with Crippen molar-refractivity contribution in [2.45, 2.75) is 26.1 Å². The summed E-state index contributed by atoms with van der Waals surface area (Å²) in [4.78, 5) is 28.1. The van der Waals surface area contributed by atoms with Crippen molar-refractivity contribution in [1.82, 2.24) is 9.55 Å². The number of alkyl halides is 3. The van der Waals surface area contributed by atoms with E-state index in [4.69, 9.17) is 0 Å². The number of halogens is 3. The van der Waals surface area contributed by atoms with Crippen LogP contribution in [-0.2, 0) is 23.9 Å². The number of amides is 1. The van der Waals surface area contributed by atoms with Crippen molar-refractivity contribution in [3.63, 3.8) is 0 Å². The molecule has 9 heteroatoms. The van der Waals surface area contributed by atoms with Crippen LogP contribution in [0, 0.1) is 0 Å². The van der Waals surface area contributed by atoms with Gasteiger partial charge < -0.3 is 9.88 Å². The van der Waals surface area contributed by atoms with Gasteiger partial charge in [0.25, 0.3) is 5.56 Å². The predicted molar refractivity (Wildman–Crippen MR) is 93.3 cm³/mol. The molecule has 1 amide bonds. The van der Waals surface area contributed by atoms with Crippen LogP contribution in [0.4, 0.5) is 18.3 Å². The van der Waals surface area contributed by atoms with E-state index in [9.17, 15) is 22.8 Å². The van der Waals surface area contributed by atoms with Gasteiger partial charge in [0, 0.05) is 12.3 Å². The molecule has 1 N–H and O–H groups in total. The van der Waals surface area contributed by atoms with Crippen LogP contribution in [-0.4, -0.2) is 15.5 Å². The van der Waals surface area contributed by atoms with Gasteiger partial charge in [-0.3, -0.25) is 9.59 Å². The molecule has 0 unspecified atom stereocenters. The van der Waals surface area contributed by atoms with Crippen molar-refractivity contribution >= 4 is 32.6 Å². The molecule has 0 spiro atoms. The SMILES string of the molecule is CCc1ccc2nc(NC(=O)Cn3cc(C(F)(F)F)ccc3=O)sc2c1. The first-order valence-electron chi connectivity index (χ1n) is 7.73. The zero-order chi connectivity index (χ0) is 18.9. The quantitative estimate of drug-likeness (QED) is 0.750. The summed E-state index contributed by atoms with van der Waals surface area (Å²) >= 11 is 1.27. The highest BCUT2D eigenvalue weighted by Gasteiger charge is 2.31. The van der Waals surface area contributed by atoms with Crippen molar-refractivity contribution in [2.24, 2.45) is 0 Å². The lowest BCUT2D eigenvalue weighted by Gasteiger charge is -2.10. The molecule has 0 bridgehead atoms. The van der Waals surface area contributed by atoms with Crippen LogP contribution in [0.25, 0.3) is 10.2 Å². The van der Waals surface area contributed by atoms with E-state index in [2.05, 4.69) is 10.3 Å². The number of hydrogen-bond donors (Lipinski definition) is 1. The van der Waals surface area contributed by atoms with Crippen LogP contribution in [0.1, 0.15) is 18.1 Å². The van der Waals surface area contributed by atoms with E-state index in [1.165, 1.54) is 11.3 Å². The highest BCUT2D eigenvalue weighted by Crippen LogP contribution is 2.28. The van der Waals surface area contributed by atoms with Crippen molar-refractivity contribution < 1.29 is 18.0 Å². The van der Waals surface area contributed by atoms with Crippen LogP contribution >= 0.6 is 11.3 Å². The first-order chi connectivity index (χ1) is 12.3. The molecular weight excluding hydrogens is 367 g/mol. The fraction of sp³-hybridized carbons (Fsp3) is 0.235. The number of thiazole rings is 1. The molecule has 0 aliphatic heterocycles. The highest BCUT2D eigenvalue weighted by molar-refractivity contribution is 7.22. The Morgan fingerprint density at radius 2 is 2.04 bits per heavy atom. The number of carbonyl (C=O) groups is 1. The van der Waals surface area contributed by atoms with Crippen LogP contribution in [0.5, 0.6) is 0 Å². The number of benzene rings is 1. The lowest BCUT2D eigenvalue weighted by Crippen LogP contribution is -2.28. The molecule has 2 aromatic heterocycles. The van der Waals surface area contributed by atoms with Gasteiger partial charge in [-0.1, -0.05) is 24.3 Å². The molecule has 0 saturated carbocycles. The summed E-state index contributed by atoms with van der Waals surface area (Å²) in [5, 5.41) is 2.86. The molecule has 26 heavy (non-hydrogen) atoms. The van der Waals surface area contributed by atoms with E-state index in [0.717, 1.165) is 32.8 Å². The zero-order valence-electron chi connectivity index (χ0n) is 13.6. The molecule has 3 rings (SSSR count). The Hall–Kier alpha value is -2.68. The molecule has 1 aromatic carbocycles. The number of hydrogen-bond acceptors (Lipinski definition) is 4. The first-order valence-corrected chi connectivity index (χ1v) is 8.55. The van der Waals surface area contributed by atoms with Gasteiger partial charge in [0.2, 0.25) is 5.91 Å². The Labute approximate surface area is 150 Å². The van der Waals surface area contributed by atoms with Gasteiger partial charge in [0.15, 0.2) is 5.13 Å². The Balaban J connectivity index is 1.78. The fourth-order valence-corrected chi connectivity index (χ4v) is 3.32. The van der Waals surface area contributed by atoms with Gasteiger partial charge in [0.1, 0.15) is 6.54 Å². The average Bonchev–Trinajstić information content (AvgIpc) is 2.96. The summed E-state index contributed by atoms with van der Waals surface area (Å²) in [6.45, 7) is 1.50. The second kappa shape index (κ2) is 6.91. The van der Waals surface area contributed by atoms with Crippen molar-refractivity contribution in [3.05, 3.63) is 58.0 Å². The molecule has 2 heterocycles. The van der Waals surface area contributed by atoms with Gasteiger partial charge in [-0.25, -0.2) is 4.98 Å². The normalized spacial score (nSPS) is 11.7. The van der Waals surface area contributed by atoms with Gasteiger partial charge in [-0.2, -0.15) is 13.2 Å². The zero-order valence-corrected chi connectivity index (χ0v) is 14.4. The van der Waals surface area contributed by atoms with E-state index in [1.807, 2.05) is 25.1 Å². The van der Waals surface area contributed by atoms with E-state index in [0.29, 0.717) is 17.4 Å². The molecule has 0 atom stereocenters. The van der Waals surface area contributed by atoms with Crippen molar-refractivity contribution in [1.29, 1.82) is 0 Å². The number of carbonyl (C=O) groups excluding carboxylic acids is 1. The van der Waals surface area contributed by atoms with Crippen molar-refractivity contribution in [3.8, 4) is 0 Å². The predicted octanol–water partition coefficient (Wildman–Crippen LogP) is 3.68. The minimum absolute atomic E-state index is 0.332. The first kappa shape index (κ1) is 18.1. The second-order valence-corrected chi connectivity index (χ2v) is 6.64. The van der Waals surface area contributed by atoms with E-state index in [1.54, 1.807) is 0 Å². The van der Waals surface area contributed by atoms with E-state index >= 15 is 0 Å². The molecule has 5 nitrogen and oxygen atoms in total. The Kier molecular flexibility index (Phi) is 4.82. The van der Waals surface area contributed by atoms with Gasteiger partial charge in [-0.15, -0.1) is 0 Å². The Morgan fingerprint density at radius 3 is 2.73 bits per heavy atom. The number of rotatable bonds is 4. The van der Waals surface area contributed by atoms with Gasteiger partial charge in [-0.05, 0) is 30.2 Å². The summed E-state index contributed by atoms with van der Waals surface area (Å²) in [5.41, 5.74) is 0.176. The Bertz CT molecular complexity index is 1020. The number of nitrogens with one attached hydrogen (secondary N) is 1. The maximum Gasteiger partial charge on any atom is 0.417 e.